The lowest BCUT2D eigenvalue weighted by molar-refractivity contribution is -0.124. The highest BCUT2D eigenvalue weighted by Gasteiger charge is 2.27. The predicted molar refractivity (Wildman–Crippen MR) is 95.8 cm³/mol. The van der Waals surface area contributed by atoms with E-state index in [0.717, 1.165) is 11.3 Å². The largest absolute Gasteiger partial charge is 0.491 e. The van der Waals surface area contributed by atoms with E-state index < -0.39 is 0 Å². The number of guanidine groups is 1. The topological polar surface area (TPSA) is 86.3 Å². The maximum absolute atomic E-state index is 11.5. The minimum atomic E-state index is -0.346. The zero-order chi connectivity index (χ0) is 18.2. The van der Waals surface area contributed by atoms with Gasteiger partial charge in [-0.2, -0.15) is 0 Å². The van der Waals surface area contributed by atoms with Gasteiger partial charge in [0.1, 0.15) is 12.4 Å². The van der Waals surface area contributed by atoms with Crippen LogP contribution in [0.5, 0.6) is 5.75 Å². The third kappa shape index (κ3) is 5.10. The molecule has 8 heteroatoms. The Morgan fingerprint density at radius 2 is 2.16 bits per heavy atom. The van der Waals surface area contributed by atoms with Crippen LogP contribution in [-0.4, -0.2) is 74.6 Å². The number of aliphatic imine (C=N–C) groups is 1. The molecule has 2 rings (SSSR count). The summed E-state index contributed by atoms with van der Waals surface area (Å²) < 4.78 is 5.79. The molecule has 0 atom stereocenters. The summed E-state index contributed by atoms with van der Waals surface area (Å²) in [5.41, 5.74) is 1.10. The lowest BCUT2D eigenvalue weighted by Gasteiger charge is -2.23. The summed E-state index contributed by atoms with van der Waals surface area (Å²) in [5.74, 6) is 1.35. The number of nitrogens with zero attached hydrogens (tertiary/aromatic N) is 3. The Morgan fingerprint density at radius 3 is 2.80 bits per heavy atom. The van der Waals surface area contributed by atoms with Crippen LogP contribution >= 0.6 is 0 Å². The monoisotopic (exact) mass is 347 g/mol. The Bertz CT molecular complexity index is 631. The van der Waals surface area contributed by atoms with Gasteiger partial charge >= 0.3 is 6.03 Å². The van der Waals surface area contributed by atoms with E-state index >= 15 is 0 Å². The van der Waals surface area contributed by atoms with Crippen LogP contribution in [0.4, 0.5) is 4.79 Å². The SMILES string of the molecule is CN=C(NCCN1C(=O)CNC1=O)N(C)CCOc1ccccc1C. The Balaban J connectivity index is 1.73. The number of nitrogens with one attached hydrogen (secondary N) is 2. The first-order valence-electron chi connectivity index (χ1n) is 8.21. The highest BCUT2D eigenvalue weighted by Crippen LogP contribution is 2.15. The zero-order valence-electron chi connectivity index (χ0n) is 14.9. The van der Waals surface area contributed by atoms with E-state index in [4.69, 9.17) is 4.74 Å². The average molecular weight is 347 g/mol. The van der Waals surface area contributed by atoms with Gasteiger partial charge in [-0.15, -0.1) is 0 Å². The van der Waals surface area contributed by atoms with Crippen LogP contribution < -0.4 is 15.4 Å². The molecule has 1 aromatic rings. The van der Waals surface area contributed by atoms with Crippen LogP contribution in [0, 0.1) is 6.92 Å². The molecule has 0 unspecified atom stereocenters. The minimum Gasteiger partial charge on any atom is -0.491 e. The molecule has 1 aliphatic rings. The van der Waals surface area contributed by atoms with E-state index in [0.29, 0.717) is 32.2 Å². The summed E-state index contributed by atoms with van der Waals surface area (Å²) in [6.45, 7) is 4.00. The third-order valence-corrected chi connectivity index (χ3v) is 3.91. The first-order valence-corrected chi connectivity index (χ1v) is 8.21. The van der Waals surface area contributed by atoms with Crippen molar-refractivity contribution in [3.05, 3.63) is 29.8 Å². The smallest absolute Gasteiger partial charge is 0.324 e. The summed E-state index contributed by atoms with van der Waals surface area (Å²) in [5, 5.41) is 5.64. The number of hydrogen-bond acceptors (Lipinski definition) is 4. The van der Waals surface area contributed by atoms with Gasteiger partial charge in [0.15, 0.2) is 5.96 Å². The second kappa shape index (κ2) is 8.91. The number of ether oxygens (including phenoxy) is 1. The maximum atomic E-state index is 11.5. The molecule has 0 spiro atoms. The number of aryl methyl sites for hydroxylation is 1. The van der Waals surface area contributed by atoms with Crippen molar-refractivity contribution in [2.24, 2.45) is 4.99 Å². The van der Waals surface area contributed by atoms with Crippen LogP contribution in [-0.2, 0) is 4.79 Å². The van der Waals surface area contributed by atoms with Crippen molar-refractivity contribution >= 4 is 17.9 Å². The van der Waals surface area contributed by atoms with E-state index in [2.05, 4.69) is 15.6 Å². The van der Waals surface area contributed by atoms with Gasteiger partial charge in [-0.05, 0) is 18.6 Å². The molecule has 1 aromatic carbocycles. The first-order chi connectivity index (χ1) is 12.0. The van der Waals surface area contributed by atoms with Gasteiger partial charge in [-0.1, -0.05) is 18.2 Å². The Kier molecular flexibility index (Phi) is 6.62. The molecule has 0 saturated carbocycles. The number of carbonyl (C=O) groups excluding carboxylic acids is 2. The van der Waals surface area contributed by atoms with Gasteiger partial charge in [-0.25, -0.2) is 4.79 Å². The maximum Gasteiger partial charge on any atom is 0.324 e. The molecule has 1 heterocycles. The number of para-hydroxylation sites is 1. The fourth-order valence-corrected chi connectivity index (χ4v) is 2.46. The van der Waals surface area contributed by atoms with Gasteiger partial charge in [0.25, 0.3) is 0 Å². The minimum absolute atomic E-state index is 0.0731. The molecule has 1 saturated heterocycles. The van der Waals surface area contributed by atoms with E-state index in [-0.39, 0.29) is 18.5 Å². The highest BCUT2D eigenvalue weighted by atomic mass is 16.5. The molecule has 8 nitrogen and oxygen atoms in total. The number of imide groups is 1. The van der Waals surface area contributed by atoms with Crippen LogP contribution in [0.2, 0.25) is 0 Å². The van der Waals surface area contributed by atoms with Gasteiger partial charge in [0.05, 0.1) is 13.1 Å². The fraction of sp³-hybridized carbons (Fsp3) is 0.471. The summed E-state index contributed by atoms with van der Waals surface area (Å²) in [6.07, 6.45) is 0. The molecular formula is C17H25N5O3. The number of carbonyl (C=O) groups is 2. The van der Waals surface area contributed by atoms with Crippen LogP contribution in [0.25, 0.3) is 0 Å². The molecule has 2 N–H and O–H groups in total. The van der Waals surface area contributed by atoms with Crippen molar-refractivity contribution in [2.75, 3.05) is 46.9 Å². The van der Waals surface area contributed by atoms with Crippen molar-refractivity contribution in [3.8, 4) is 5.75 Å². The van der Waals surface area contributed by atoms with Gasteiger partial charge in [-0.3, -0.25) is 14.7 Å². The number of hydrogen-bond donors (Lipinski definition) is 2. The second-order valence-corrected chi connectivity index (χ2v) is 5.71. The van der Waals surface area contributed by atoms with Crippen molar-refractivity contribution in [3.63, 3.8) is 0 Å². The van der Waals surface area contributed by atoms with Crippen molar-refractivity contribution in [1.82, 2.24) is 20.4 Å². The van der Waals surface area contributed by atoms with E-state index in [9.17, 15) is 9.59 Å². The zero-order valence-corrected chi connectivity index (χ0v) is 14.9. The number of likely N-dealkylation sites (N-methyl/N-ethyl adjacent to an activating group) is 1. The van der Waals surface area contributed by atoms with Crippen LogP contribution in [0.15, 0.2) is 29.3 Å². The van der Waals surface area contributed by atoms with E-state index in [1.165, 1.54) is 4.90 Å². The average Bonchev–Trinajstić information content (AvgIpc) is 2.92. The van der Waals surface area contributed by atoms with Crippen molar-refractivity contribution < 1.29 is 14.3 Å². The Morgan fingerprint density at radius 1 is 1.40 bits per heavy atom. The predicted octanol–water partition coefficient (Wildman–Crippen LogP) is 0.433. The molecule has 136 valence electrons. The van der Waals surface area contributed by atoms with Gasteiger partial charge < -0.3 is 20.3 Å². The number of urea groups is 1. The fourth-order valence-electron chi connectivity index (χ4n) is 2.46. The standard InChI is InChI=1S/C17H25N5O3/c1-13-6-4-5-7-14(13)25-11-10-21(3)16(18-2)19-8-9-22-15(23)12-20-17(22)24/h4-7H,8-12H2,1-3H3,(H,18,19)(H,20,24). The molecule has 0 aromatic heterocycles. The summed E-state index contributed by atoms with van der Waals surface area (Å²) in [7, 11) is 3.60. The normalized spacial score (nSPS) is 14.5. The molecule has 1 fully saturated rings. The van der Waals surface area contributed by atoms with Crippen molar-refractivity contribution in [2.45, 2.75) is 6.92 Å². The molecule has 25 heavy (non-hydrogen) atoms. The van der Waals surface area contributed by atoms with Crippen molar-refractivity contribution in [1.29, 1.82) is 0 Å². The molecule has 0 aliphatic carbocycles. The summed E-state index contributed by atoms with van der Waals surface area (Å²) in [6, 6.07) is 7.53. The molecular weight excluding hydrogens is 322 g/mol. The summed E-state index contributed by atoms with van der Waals surface area (Å²) in [4.78, 5) is 30.3. The second-order valence-electron chi connectivity index (χ2n) is 5.71. The summed E-state index contributed by atoms with van der Waals surface area (Å²) >= 11 is 0. The third-order valence-electron chi connectivity index (χ3n) is 3.91. The lowest BCUT2D eigenvalue weighted by Crippen LogP contribution is -2.44. The number of amides is 3. The van der Waals surface area contributed by atoms with E-state index in [1.807, 2.05) is 43.1 Å². The highest BCUT2D eigenvalue weighted by molar-refractivity contribution is 6.01. The molecule has 1 aliphatic heterocycles. The quantitative estimate of drug-likeness (QED) is 0.424. The van der Waals surface area contributed by atoms with E-state index in [1.54, 1.807) is 7.05 Å². The number of rotatable bonds is 7. The van der Waals surface area contributed by atoms with Gasteiger partial charge in [0.2, 0.25) is 5.91 Å². The van der Waals surface area contributed by atoms with Crippen LogP contribution in [0.3, 0.4) is 0 Å². The molecule has 0 bridgehead atoms. The Labute approximate surface area is 147 Å². The number of benzene rings is 1. The Hall–Kier alpha value is -2.77. The molecule has 3 amide bonds. The lowest BCUT2D eigenvalue weighted by atomic mass is 10.2. The first kappa shape index (κ1) is 18.6. The van der Waals surface area contributed by atoms with Gasteiger partial charge in [0, 0.05) is 27.2 Å². The van der Waals surface area contributed by atoms with Crippen LogP contribution in [0.1, 0.15) is 5.56 Å². The molecule has 0 radical (unpaired) electrons.